The van der Waals surface area contributed by atoms with E-state index >= 15 is 0 Å². The van der Waals surface area contributed by atoms with Gasteiger partial charge >= 0.3 is 0 Å². The van der Waals surface area contributed by atoms with Gasteiger partial charge in [0.05, 0.1) is 21.8 Å². The SMILES string of the molecule is O=C(c1cnn(-c2nnc(-c3ccccc3)c(-c3ccccc3)n2)c1)c1cc(Br)c(O)c(Br)c1O. The summed E-state index contributed by atoms with van der Waals surface area (Å²) in [6.07, 6.45) is 2.82. The number of ketones is 1. The highest BCUT2D eigenvalue weighted by molar-refractivity contribution is 9.11. The Morgan fingerprint density at radius 3 is 2.11 bits per heavy atom. The molecule has 10 heteroatoms. The van der Waals surface area contributed by atoms with Crippen molar-refractivity contribution in [3.8, 4) is 40.0 Å². The molecule has 8 nitrogen and oxygen atoms in total. The molecule has 5 rings (SSSR count). The average molecular weight is 593 g/mol. The zero-order chi connectivity index (χ0) is 24.5. The molecular weight excluding hydrogens is 578 g/mol. The van der Waals surface area contributed by atoms with Crippen molar-refractivity contribution in [2.45, 2.75) is 0 Å². The Morgan fingerprint density at radius 1 is 0.829 bits per heavy atom. The highest BCUT2D eigenvalue weighted by Gasteiger charge is 2.22. The number of phenols is 2. The highest BCUT2D eigenvalue weighted by atomic mass is 79.9. The number of carbonyl (C=O) groups excluding carboxylic acids is 1. The largest absolute Gasteiger partial charge is 0.506 e. The number of aromatic hydroxyl groups is 2. The number of hydrogen-bond donors (Lipinski definition) is 2. The second kappa shape index (κ2) is 9.40. The molecule has 0 aliphatic rings. The van der Waals surface area contributed by atoms with Crippen molar-refractivity contribution in [2.24, 2.45) is 0 Å². The quantitative estimate of drug-likeness (QED) is 0.257. The van der Waals surface area contributed by atoms with Crippen LogP contribution in [-0.4, -0.2) is 41.0 Å². The minimum atomic E-state index is -0.493. The molecule has 172 valence electrons. The van der Waals surface area contributed by atoms with Crippen LogP contribution >= 0.6 is 31.9 Å². The van der Waals surface area contributed by atoms with E-state index in [-0.39, 0.29) is 37.5 Å². The lowest BCUT2D eigenvalue weighted by Gasteiger charge is -2.09. The Labute approximate surface area is 216 Å². The van der Waals surface area contributed by atoms with Gasteiger partial charge in [0.2, 0.25) is 0 Å². The molecule has 0 saturated carbocycles. The standard InChI is InChI=1S/C25H15Br2N5O3/c26-18-11-17(23(34)19(27)24(18)35)22(33)16-12-28-32(13-16)25-29-20(14-7-3-1-4-8-14)21(30-31-25)15-9-5-2-6-10-15/h1-13,34-35H. The zero-order valence-corrected chi connectivity index (χ0v) is 21.0. The molecule has 2 heterocycles. The number of carbonyl (C=O) groups is 1. The Bertz CT molecular complexity index is 1560. The molecular formula is C25H15Br2N5O3. The lowest BCUT2D eigenvalue weighted by Crippen LogP contribution is -2.07. The lowest BCUT2D eigenvalue weighted by molar-refractivity contribution is 0.103. The van der Waals surface area contributed by atoms with Gasteiger partial charge in [-0.1, -0.05) is 60.7 Å². The summed E-state index contributed by atoms with van der Waals surface area (Å²) < 4.78 is 1.62. The zero-order valence-electron chi connectivity index (χ0n) is 17.8. The summed E-state index contributed by atoms with van der Waals surface area (Å²) in [4.78, 5) is 17.8. The van der Waals surface area contributed by atoms with Crippen molar-refractivity contribution in [1.82, 2.24) is 25.0 Å². The maximum absolute atomic E-state index is 13.1. The molecule has 35 heavy (non-hydrogen) atoms. The first-order valence-electron chi connectivity index (χ1n) is 10.3. The van der Waals surface area contributed by atoms with Crippen LogP contribution in [0, 0.1) is 0 Å². The Morgan fingerprint density at radius 2 is 1.46 bits per heavy atom. The van der Waals surface area contributed by atoms with E-state index in [9.17, 15) is 15.0 Å². The van der Waals surface area contributed by atoms with Gasteiger partial charge in [0.15, 0.2) is 5.78 Å². The van der Waals surface area contributed by atoms with Crippen molar-refractivity contribution < 1.29 is 15.0 Å². The third-order valence-corrected chi connectivity index (χ3v) is 6.59. The predicted molar refractivity (Wildman–Crippen MR) is 136 cm³/mol. The van der Waals surface area contributed by atoms with Crippen molar-refractivity contribution in [1.29, 1.82) is 0 Å². The monoisotopic (exact) mass is 591 g/mol. The molecule has 2 N–H and O–H groups in total. The Balaban J connectivity index is 1.56. The van der Waals surface area contributed by atoms with Gasteiger partial charge in [-0.15, -0.1) is 10.2 Å². The second-order valence-electron chi connectivity index (χ2n) is 7.46. The molecule has 0 bridgehead atoms. The molecule has 0 atom stereocenters. The lowest BCUT2D eigenvalue weighted by atomic mass is 10.0. The Kier molecular flexibility index (Phi) is 6.14. The summed E-state index contributed by atoms with van der Waals surface area (Å²) in [5, 5.41) is 33.2. The van der Waals surface area contributed by atoms with Gasteiger partial charge in [-0.25, -0.2) is 9.67 Å². The van der Waals surface area contributed by atoms with Gasteiger partial charge < -0.3 is 10.2 Å². The highest BCUT2D eigenvalue weighted by Crippen LogP contribution is 2.42. The van der Waals surface area contributed by atoms with Crippen LogP contribution in [0.15, 0.2) is 88.1 Å². The summed E-state index contributed by atoms with van der Waals surface area (Å²) in [5.74, 6) is -0.895. The maximum Gasteiger partial charge on any atom is 0.270 e. The van der Waals surface area contributed by atoms with E-state index in [2.05, 4.69) is 47.2 Å². The van der Waals surface area contributed by atoms with Crippen molar-refractivity contribution in [3.05, 3.63) is 99.2 Å². The molecule has 0 amide bonds. The molecule has 0 aliphatic heterocycles. The normalized spacial score (nSPS) is 10.9. The number of aromatic nitrogens is 5. The van der Waals surface area contributed by atoms with Crippen LogP contribution in [0.5, 0.6) is 11.5 Å². The fraction of sp³-hybridized carbons (Fsp3) is 0. The van der Waals surface area contributed by atoms with Crippen molar-refractivity contribution in [3.63, 3.8) is 0 Å². The summed E-state index contributed by atoms with van der Waals surface area (Å²) in [6, 6.07) is 20.6. The van der Waals surface area contributed by atoms with Gasteiger partial charge in [-0.3, -0.25) is 4.79 Å². The van der Waals surface area contributed by atoms with Crippen LogP contribution in [0.4, 0.5) is 0 Å². The number of nitrogens with zero attached hydrogens (tertiary/aromatic N) is 5. The number of phenolic OH excluding ortho intramolecular Hbond substituents is 2. The molecule has 0 saturated heterocycles. The van der Waals surface area contributed by atoms with E-state index in [4.69, 9.17) is 4.98 Å². The third-order valence-electron chi connectivity index (χ3n) is 5.23. The van der Waals surface area contributed by atoms with Crippen LogP contribution in [0.3, 0.4) is 0 Å². The van der Waals surface area contributed by atoms with E-state index in [1.807, 2.05) is 60.7 Å². The fourth-order valence-corrected chi connectivity index (χ4v) is 4.60. The average Bonchev–Trinajstić information content (AvgIpc) is 3.40. The Hall–Kier alpha value is -3.89. The third kappa shape index (κ3) is 4.33. The van der Waals surface area contributed by atoms with E-state index in [0.29, 0.717) is 11.4 Å². The number of rotatable bonds is 5. The van der Waals surface area contributed by atoms with Crippen LogP contribution in [0.2, 0.25) is 0 Å². The van der Waals surface area contributed by atoms with Crippen LogP contribution in [0.1, 0.15) is 15.9 Å². The van der Waals surface area contributed by atoms with Gasteiger partial charge in [0.1, 0.15) is 27.4 Å². The number of benzene rings is 3. The fourth-order valence-electron chi connectivity index (χ4n) is 3.48. The molecule has 3 aromatic carbocycles. The molecule has 2 aromatic heterocycles. The maximum atomic E-state index is 13.1. The van der Waals surface area contributed by atoms with E-state index in [1.54, 1.807) is 0 Å². The smallest absolute Gasteiger partial charge is 0.270 e. The first-order chi connectivity index (χ1) is 16.9. The van der Waals surface area contributed by atoms with Crippen LogP contribution in [-0.2, 0) is 0 Å². The molecule has 0 radical (unpaired) electrons. The first kappa shape index (κ1) is 22.9. The van der Waals surface area contributed by atoms with Crippen LogP contribution in [0.25, 0.3) is 28.5 Å². The summed E-state index contributed by atoms with van der Waals surface area (Å²) in [5.41, 5.74) is 3.15. The van der Waals surface area contributed by atoms with E-state index in [0.717, 1.165) is 11.1 Å². The van der Waals surface area contributed by atoms with Crippen molar-refractivity contribution in [2.75, 3.05) is 0 Å². The number of hydrogen-bond acceptors (Lipinski definition) is 7. The van der Waals surface area contributed by atoms with Gasteiger partial charge in [-0.2, -0.15) is 5.10 Å². The molecule has 5 aromatic rings. The number of halogens is 2. The van der Waals surface area contributed by atoms with E-state index < -0.39 is 5.78 Å². The topological polar surface area (TPSA) is 114 Å². The van der Waals surface area contributed by atoms with Gasteiger partial charge in [0, 0.05) is 17.3 Å². The molecule has 0 unspecified atom stereocenters. The first-order valence-corrected chi connectivity index (χ1v) is 11.9. The second-order valence-corrected chi connectivity index (χ2v) is 9.11. The summed E-state index contributed by atoms with van der Waals surface area (Å²) in [7, 11) is 0. The molecule has 0 spiro atoms. The van der Waals surface area contributed by atoms with Gasteiger partial charge in [-0.05, 0) is 37.9 Å². The molecule has 0 aliphatic carbocycles. The van der Waals surface area contributed by atoms with E-state index in [1.165, 1.54) is 23.1 Å². The molecule has 0 fully saturated rings. The summed E-state index contributed by atoms with van der Waals surface area (Å²) >= 11 is 6.27. The van der Waals surface area contributed by atoms with Crippen molar-refractivity contribution >= 4 is 37.6 Å². The minimum absolute atomic E-state index is 0.00968. The minimum Gasteiger partial charge on any atom is -0.506 e. The van der Waals surface area contributed by atoms with Gasteiger partial charge in [0.25, 0.3) is 5.95 Å². The van der Waals surface area contributed by atoms with Crippen LogP contribution < -0.4 is 0 Å². The summed E-state index contributed by atoms with van der Waals surface area (Å²) in [6.45, 7) is 0. The predicted octanol–water partition coefficient (Wildman–Crippen LogP) is 5.56.